The average Bonchev–Trinajstić information content (AvgIpc) is 3.04. The third kappa shape index (κ3) is 3.39. The van der Waals surface area contributed by atoms with Crippen LogP contribution >= 0.6 is 0 Å². The lowest BCUT2D eigenvalue weighted by atomic mass is 10.1. The van der Waals surface area contributed by atoms with E-state index in [1.165, 1.54) is 43.7 Å². The molecule has 2 atom stereocenters. The quantitative estimate of drug-likeness (QED) is 0.851. The summed E-state index contributed by atoms with van der Waals surface area (Å²) in [7, 11) is 0. The summed E-state index contributed by atoms with van der Waals surface area (Å²) < 4.78 is 5.44. The molecule has 0 N–H and O–H groups in total. The average molecular weight is 315 g/mol. The van der Waals surface area contributed by atoms with Crippen molar-refractivity contribution in [2.75, 3.05) is 50.8 Å². The van der Waals surface area contributed by atoms with Crippen LogP contribution in [0.4, 0.5) is 5.69 Å². The molecule has 3 aliphatic heterocycles. The minimum atomic E-state index is 0.670. The first-order chi connectivity index (χ1) is 11.3. The predicted molar refractivity (Wildman–Crippen MR) is 93.9 cm³/mol. The summed E-state index contributed by atoms with van der Waals surface area (Å²) >= 11 is 0. The van der Waals surface area contributed by atoms with E-state index in [1.807, 2.05) is 0 Å². The Kier molecular flexibility index (Phi) is 4.56. The van der Waals surface area contributed by atoms with Gasteiger partial charge in [-0.25, -0.2) is 0 Å². The zero-order valence-electron chi connectivity index (χ0n) is 14.3. The maximum atomic E-state index is 5.44. The largest absolute Gasteiger partial charge is 0.378 e. The molecule has 3 heterocycles. The SMILES string of the molecule is C[C@@H]1CN2CCC[C@@H]2CN1Cc1ccc(N2CCOCC2)cc1. The monoisotopic (exact) mass is 315 g/mol. The number of fused-ring (bicyclic) bond motifs is 1. The summed E-state index contributed by atoms with van der Waals surface area (Å²) in [6, 6.07) is 10.7. The molecule has 0 aromatic heterocycles. The van der Waals surface area contributed by atoms with Crippen LogP contribution in [0.5, 0.6) is 0 Å². The molecule has 4 rings (SSSR count). The highest BCUT2D eigenvalue weighted by molar-refractivity contribution is 5.47. The van der Waals surface area contributed by atoms with Crippen molar-refractivity contribution in [3.05, 3.63) is 29.8 Å². The van der Waals surface area contributed by atoms with Gasteiger partial charge < -0.3 is 9.64 Å². The van der Waals surface area contributed by atoms with E-state index in [0.717, 1.165) is 38.9 Å². The van der Waals surface area contributed by atoms with Crippen molar-refractivity contribution in [3.8, 4) is 0 Å². The van der Waals surface area contributed by atoms with Crippen LogP contribution < -0.4 is 4.90 Å². The van der Waals surface area contributed by atoms with Gasteiger partial charge in [0, 0.05) is 50.5 Å². The van der Waals surface area contributed by atoms with Gasteiger partial charge in [-0.15, -0.1) is 0 Å². The van der Waals surface area contributed by atoms with E-state index in [9.17, 15) is 0 Å². The second-order valence-corrected chi connectivity index (χ2v) is 7.34. The Hall–Kier alpha value is -1.10. The smallest absolute Gasteiger partial charge is 0.0642 e. The summed E-state index contributed by atoms with van der Waals surface area (Å²) in [4.78, 5) is 7.80. The van der Waals surface area contributed by atoms with E-state index < -0.39 is 0 Å². The lowest BCUT2D eigenvalue weighted by Gasteiger charge is -2.42. The van der Waals surface area contributed by atoms with Crippen molar-refractivity contribution in [1.29, 1.82) is 0 Å². The third-order valence-corrected chi connectivity index (χ3v) is 5.76. The molecule has 0 aliphatic carbocycles. The first-order valence-corrected chi connectivity index (χ1v) is 9.19. The zero-order valence-corrected chi connectivity index (χ0v) is 14.3. The van der Waals surface area contributed by atoms with Crippen LogP contribution in [0.3, 0.4) is 0 Å². The van der Waals surface area contributed by atoms with Crippen molar-refractivity contribution >= 4 is 5.69 Å². The number of ether oxygens (including phenoxy) is 1. The van der Waals surface area contributed by atoms with Gasteiger partial charge in [0.05, 0.1) is 13.2 Å². The van der Waals surface area contributed by atoms with Gasteiger partial charge in [-0.05, 0) is 44.0 Å². The van der Waals surface area contributed by atoms with Crippen LogP contribution in [0.1, 0.15) is 25.3 Å². The van der Waals surface area contributed by atoms with Crippen LogP contribution in [-0.4, -0.2) is 67.8 Å². The number of piperazine rings is 1. The first-order valence-electron chi connectivity index (χ1n) is 9.19. The van der Waals surface area contributed by atoms with Gasteiger partial charge >= 0.3 is 0 Å². The van der Waals surface area contributed by atoms with Gasteiger partial charge in [-0.3, -0.25) is 9.80 Å². The second kappa shape index (κ2) is 6.80. The molecule has 0 bridgehead atoms. The lowest BCUT2D eigenvalue weighted by Crippen LogP contribution is -2.54. The molecule has 1 aromatic carbocycles. The maximum Gasteiger partial charge on any atom is 0.0642 e. The number of nitrogens with zero attached hydrogens (tertiary/aromatic N) is 3. The molecule has 0 amide bonds. The molecule has 0 radical (unpaired) electrons. The van der Waals surface area contributed by atoms with Crippen molar-refractivity contribution < 1.29 is 4.74 Å². The van der Waals surface area contributed by atoms with Crippen molar-refractivity contribution in [2.24, 2.45) is 0 Å². The number of anilines is 1. The van der Waals surface area contributed by atoms with Gasteiger partial charge in [0.25, 0.3) is 0 Å². The Labute approximate surface area is 140 Å². The van der Waals surface area contributed by atoms with Crippen LogP contribution in [0.25, 0.3) is 0 Å². The van der Waals surface area contributed by atoms with E-state index in [-0.39, 0.29) is 0 Å². The lowest BCUT2D eigenvalue weighted by molar-refractivity contribution is 0.0540. The number of hydrogen-bond acceptors (Lipinski definition) is 4. The van der Waals surface area contributed by atoms with E-state index in [1.54, 1.807) is 0 Å². The summed E-state index contributed by atoms with van der Waals surface area (Å²) in [6.45, 7) is 11.0. The molecular formula is C19H29N3O. The zero-order chi connectivity index (χ0) is 15.6. The van der Waals surface area contributed by atoms with Crippen molar-refractivity contribution in [1.82, 2.24) is 9.80 Å². The summed E-state index contributed by atoms with van der Waals surface area (Å²) in [6.07, 6.45) is 2.78. The molecule has 126 valence electrons. The second-order valence-electron chi connectivity index (χ2n) is 7.34. The topological polar surface area (TPSA) is 19.0 Å². The Balaban J connectivity index is 1.38. The van der Waals surface area contributed by atoms with Gasteiger partial charge in [-0.2, -0.15) is 0 Å². The Bertz CT molecular complexity index is 512. The van der Waals surface area contributed by atoms with Crippen molar-refractivity contribution in [2.45, 2.75) is 38.4 Å². The third-order valence-electron chi connectivity index (χ3n) is 5.76. The number of benzene rings is 1. The Morgan fingerprint density at radius 2 is 1.83 bits per heavy atom. The summed E-state index contributed by atoms with van der Waals surface area (Å²) in [5.74, 6) is 0. The van der Waals surface area contributed by atoms with Gasteiger partial charge in [0.15, 0.2) is 0 Å². The molecule has 0 saturated carbocycles. The molecule has 3 fully saturated rings. The number of morpholine rings is 1. The van der Waals surface area contributed by atoms with E-state index in [2.05, 4.69) is 45.9 Å². The van der Waals surface area contributed by atoms with Gasteiger partial charge in [0.2, 0.25) is 0 Å². The standard InChI is InChI=1S/C19H29N3O/c1-16-13-21-8-2-3-19(21)15-22(16)14-17-4-6-18(7-5-17)20-9-11-23-12-10-20/h4-7,16,19H,2-3,8-15H2,1H3/t16-,19-/m1/s1. The van der Waals surface area contributed by atoms with E-state index in [4.69, 9.17) is 4.74 Å². The molecule has 4 heteroatoms. The van der Waals surface area contributed by atoms with Crippen LogP contribution in [0, 0.1) is 0 Å². The molecule has 3 aliphatic rings. The first kappa shape index (κ1) is 15.4. The molecule has 3 saturated heterocycles. The fourth-order valence-corrected chi connectivity index (χ4v) is 4.34. The van der Waals surface area contributed by atoms with Gasteiger partial charge in [-0.1, -0.05) is 12.1 Å². The highest BCUT2D eigenvalue weighted by Gasteiger charge is 2.34. The van der Waals surface area contributed by atoms with Crippen LogP contribution in [0.2, 0.25) is 0 Å². The van der Waals surface area contributed by atoms with Crippen LogP contribution in [0.15, 0.2) is 24.3 Å². The number of rotatable bonds is 3. The van der Waals surface area contributed by atoms with Crippen LogP contribution in [-0.2, 0) is 11.3 Å². The Morgan fingerprint density at radius 1 is 1.04 bits per heavy atom. The highest BCUT2D eigenvalue weighted by atomic mass is 16.5. The molecule has 1 aromatic rings. The molecule has 0 unspecified atom stereocenters. The molecule has 4 nitrogen and oxygen atoms in total. The minimum absolute atomic E-state index is 0.670. The molecule has 0 spiro atoms. The maximum absolute atomic E-state index is 5.44. The van der Waals surface area contributed by atoms with E-state index in [0.29, 0.717) is 6.04 Å². The molecule has 23 heavy (non-hydrogen) atoms. The van der Waals surface area contributed by atoms with E-state index >= 15 is 0 Å². The number of hydrogen-bond donors (Lipinski definition) is 0. The fraction of sp³-hybridized carbons (Fsp3) is 0.684. The van der Waals surface area contributed by atoms with Crippen molar-refractivity contribution in [3.63, 3.8) is 0 Å². The minimum Gasteiger partial charge on any atom is -0.378 e. The Morgan fingerprint density at radius 3 is 2.61 bits per heavy atom. The van der Waals surface area contributed by atoms with Gasteiger partial charge in [0.1, 0.15) is 0 Å². The molecular weight excluding hydrogens is 286 g/mol. The fourth-order valence-electron chi connectivity index (χ4n) is 4.34. The highest BCUT2D eigenvalue weighted by Crippen LogP contribution is 2.26. The summed E-state index contributed by atoms with van der Waals surface area (Å²) in [5.41, 5.74) is 2.78. The normalized spacial score (nSPS) is 29.7. The summed E-state index contributed by atoms with van der Waals surface area (Å²) in [5, 5.41) is 0. The predicted octanol–water partition coefficient (Wildman–Crippen LogP) is 2.19.